The lowest BCUT2D eigenvalue weighted by molar-refractivity contribution is -0.115. The van der Waals surface area contributed by atoms with Crippen molar-refractivity contribution in [3.8, 4) is 0 Å². The molecule has 88 valence electrons. The molecule has 0 bridgehead atoms. The molecule has 2 aromatic rings. The number of nitrogens with one attached hydrogen (secondary N) is 1. The molecule has 6 nitrogen and oxygen atoms in total. The zero-order valence-corrected chi connectivity index (χ0v) is 10.0. The summed E-state index contributed by atoms with van der Waals surface area (Å²) in [6.45, 7) is 0. The number of rotatable bonds is 4. The highest BCUT2D eigenvalue weighted by molar-refractivity contribution is 7.13. The van der Waals surface area contributed by atoms with Crippen molar-refractivity contribution in [2.45, 2.75) is 6.42 Å². The third kappa shape index (κ3) is 3.08. The fourth-order valence-electron chi connectivity index (χ4n) is 1.08. The van der Waals surface area contributed by atoms with E-state index in [-0.39, 0.29) is 18.0 Å². The number of carbonyl (C=O) groups is 2. The summed E-state index contributed by atoms with van der Waals surface area (Å²) in [6.07, 6.45) is 1.64. The fraction of sp³-hybridized carbons (Fsp3) is 0.111. The molecule has 8 heteroatoms. The maximum Gasteiger partial charge on any atom is 0.355 e. The van der Waals surface area contributed by atoms with E-state index >= 15 is 0 Å². The van der Waals surface area contributed by atoms with Crippen LogP contribution in [0.2, 0.25) is 0 Å². The van der Waals surface area contributed by atoms with E-state index in [2.05, 4.69) is 15.3 Å². The Morgan fingerprint density at radius 2 is 2.24 bits per heavy atom. The molecule has 0 aliphatic carbocycles. The highest BCUT2D eigenvalue weighted by Crippen LogP contribution is 2.13. The molecule has 0 atom stereocenters. The molecule has 0 aliphatic heterocycles. The average Bonchev–Trinajstić information content (AvgIpc) is 2.88. The van der Waals surface area contributed by atoms with Crippen molar-refractivity contribution in [3.63, 3.8) is 0 Å². The third-order valence-electron chi connectivity index (χ3n) is 1.76. The molecule has 2 N–H and O–H groups in total. The van der Waals surface area contributed by atoms with Gasteiger partial charge in [0.2, 0.25) is 5.91 Å². The van der Waals surface area contributed by atoms with Gasteiger partial charge in [-0.25, -0.2) is 14.8 Å². The predicted molar refractivity (Wildman–Crippen MR) is 63.5 cm³/mol. The molecular weight excluding hydrogens is 262 g/mol. The number of aromatic carboxylic acids is 1. The van der Waals surface area contributed by atoms with Gasteiger partial charge < -0.3 is 10.4 Å². The summed E-state index contributed by atoms with van der Waals surface area (Å²) in [7, 11) is 0. The molecule has 2 rings (SSSR count). The van der Waals surface area contributed by atoms with Gasteiger partial charge in [0.1, 0.15) is 5.01 Å². The SMILES string of the molecule is O=C(Cc1nc(C(=O)O)cs1)Nc1nccs1. The maximum atomic E-state index is 11.5. The number of carboxylic acid groups (broad SMARTS) is 1. The minimum atomic E-state index is -1.09. The van der Waals surface area contributed by atoms with E-state index in [1.807, 2.05) is 0 Å². The van der Waals surface area contributed by atoms with E-state index in [1.54, 1.807) is 11.6 Å². The lowest BCUT2D eigenvalue weighted by Gasteiger charge is -1.98. The number of aromatic nitrogens is 2. The Labute approximate surface area is 104 Å². The zero-order chi connectivity index (χ0) is 12.3. The summed E-state index contributed by atoms with van der Waals surface area (Å²) in [5, 5.41) is 15.4. The molecule has 2 heterocycles. The van der Waals surface area contributed by atoms with Gasteiger partial charge in [0.05, 0.1) is 6.42 Å². The first-order valence-corrected chi connectivity index (χ1v) is 6.28. The molecule has 0 aromatic carbocycles. The first-order chi connectivity index (χ1) is 8.15. The van der Waals surface area contributed by atoms with E-state index < -0.39 is 5.97 Å². The second-order valence-electron chi connectivity index (χ2n) is 2.99. The van der Waals surface area contributed by atoms with Crippen LogP contribution < -0.4 is 5.32 Å². The minimum absolute atomic E-state index is 0.0351. The van der Waals surface area contributed by atoms with Gasteiger partial charge in [-0.2, -0.15) is 0 Å². The van der Waals surface area contributed by atoms with Crippen molar-refractivity contribution in [3.05, 3.63) is 27.7 Å². The molecular formula is C9H7N3O3S2. The molecule has 2 aromatic heterocycles. The molecule has 0 fully saturated rings. The van der Waals surface area contributed by atoms with Crippen LogP contribution in [0.15, 0.2) is 17.0 Å². The second kappa shape index (κ2) is 5.02. The van der Waals surface area contributed by atoms with Gasteiger partial charge in [-0.15, -0.1) is 22.7 Å². The smallest absolute Gasteiger partial charge is 0.355 e. The molecule has 0 saturated heterocycles. The zero-order valence-electron chi connectivity index (χ0n) is 8.41. The van der Waals surface area contributed by atoms with Crippen molar-refractivity contribution < 1.29 is 14.7 Å². The fourth-order valence-corrected chi connectivity index (χ4v) is 2.39. The minimum Gasteiger partial charge on any atom is -0.476 e. The van der Waals surface area contributed by atoms with E-state index in [4.69, 9.17) is 5.11 Å². The largest absolute Gasteiger partial charge is 0.476 e. The maximum absolute atomic E-state index is 11.5. The summed E-state index contributed by atoms with van der Waals surface area (Å²) in [5.41, 5.74) is -0.0351. The molecule has 0 spiro atoms. The van der Waals surface area contributed by atoms with Crippen LogP contribution in [0, 0.1) is 0 Å². The van der Waals surface area contributed by atoms with Crippen LogP contribution in [-0.2, 0) is 11.2 Å². The number of nitrogens with zero attached hydrogens (tertiary/aromatic N) is 2. The average molecular weight is 269 g/mol. The number of thiazole rings is 2. The van der Waals surface area contributed by atoms with Crippen LogP contribution >= 0.6 is 22.7 Å². The van der Waals surface area contributed by atoms with Gasteiger partial charge in [-0.3, -0.25) is 4.79 Å². The summed E-state index contributed by atoms with van der Waals surface area (Å²) < 4.78 is 0. The van der Waals surface area contributed by atoms with Crippen LogP contribution in [0.4, 0.5) is 5.13 Å². The van der Waals surface area contributed by atoms with Gasteiger partial charge in [-0.05, 0) is 0 Å². The lowest BCUT2D eigenvalue weighted by atomic mass is 10.4. The molecule has 0 radical (unpaired) electrons. The Kier molecular flexibility index (Phi) is 3.45. The first-order valence-electron chi connectivity index (χ1n) is 4.52. The number of amides is 1. The number of carbonyl (C=O) groups excluding carboxylic acids is 1. The quantitative estimate of drug-likeness (QED) is 0.877. The molecule has 0 aliphatic rings. The molecule has 17 heavy (non-hydrogen) atoms. The Bertz CT molecular complexity index is 535. The topological polar surface area (TPSA) is 92.2 Å². The molecule has 0 saturated carbocycles. The number of carboxylic acids is 1. The molecule has 1 amide bonds. The third-order valence-corrected chi connectivity index (χ3v) is 3.30. The summed E-state index contributed by atoms with van der Waals surface area (Å²) >= 11 is 2.47. The van der Waals surface area contributed by atoms with Crippen LogP contribution in [-0.4, -0.2) is 27.0 Å². The predicted octanol–water partition coefficient (Wildman–Crippen LogP) is 1.48. The van der Waals surface area contributed by atoms with E-state index in [9.17, 15) is 9.59 Å². The van der Waals surface area contributed by atoms with Gasteiger partial charge in [-0.1, -0.05) is 0 Å². The highest BCUT2D eigenvalue weighted by atomic mass is 32.1. The van der Waals surface area contributed by atoms with Crippen molar-refractivity contribution in [1.82, 2.24) is 9.97 Å². The van der Waals surface area contributed by atoms with Gasteiger partial charge in [0.15, 0.2) is 10.8 Å². The van der Waals surface area contributed by atoms with Crippen LogP contribution in [0.1, 0.15) is 15.5 Å². The van der Waals surface area contributed by atoms with E-state index in [0.717, 1.165) is 11.3 Å². The van der Waals surface area contributed by atoms with Crippen LogP contribution in [0.25, 0.3) is 0 Å². The summed E-state index contributed by atoms with van der Waals surface area (Å²) in [6, 6.07) is 0. The number of hydrogen-bond acceptors (Lipinski definition) is 6. The Hall–Kier alpha value is -1.80. The normalized spacial score (nSPS) is 10.1. The number of anilines is 1. The first kappa shape index (κ1) is 11.7. The van der Waals surface area contributed by atoms with Crippen molar-refractivity contribution in [2.24, 2.45) is 0 Å². The summed E-state index contributed by atoms with van der Waals surface area (Å²) in [4.78, 5) is 29.9. The number of hydrogen-bond donors (Lipinski definition) is 2. The second-order valence-corrected chi connectivity index (χ2v) is 4.83. The van der Waals surface area contributed by atoms with Gasteiger partial charge in [0.25, 0.3) is 0 Å². The monoisotopic (exact) mass is 269 g/mol. The van der Waals surface area contributed by atoms with Crippen molar-refractivity contribution in [1.29, 1.82) is 0 Å². The Morgan fingerprint density at radius 1 is 1.41 bits per heavy atom. The van der Waals surface area contributed by atoms with Crippen LogP contribution in [0.5, 0.6) is 0 Å². The van der Waals surface area contributed by atoms with Crippen LogP contribution in [0.3, 0.4) is 0 Å². The highest BCUT2D eigenvalue weighted by Gasteiger charge is 2.12. The van der Waals surface area contributed by atoms with Gasteiger partial charge in [0, 0.05) is 17.0 Å². The van der Waals surface area contributed by atoms with Crippen molar-refractivity contribution >= 4 is 39.7 Å². The molecule has 0 unspecified atom stereocenters. The lowest BCUT2D eigenvalue weighted by Crippen LogP contribution is -2.14. The van der Waals surface area contributed by atoms with E-state index in [0.29, 0.717) is 10.1 Å². The summed E-state index contributed by atoms with van der Waals surface area (Å²) in [5.74, 6) is -1.35. The van der Waals surface area contributed by atoms with E-state index in [1.165, 1.54) is 16.7 Å². The van der Waals surface area contributed by atoms with Gasteiger partial charge >= 0.3 is 5.97 Å². The standard InChI is InChI=1S/C9H7N3O3S2/c13-6(12-9-10-1-2-16-9)3-7-11-5(4-17-7)8(14)15/h1-2,4H,3H2,(H,14,15)(H,10,12,13). The Morgan fingerprint density at radius 3 is 2.82 bits per heavy atom. The van der Waals surface area contributed by atoms with Crippen molar-refractivity contribution in [2.75, 3.05) is 5.32 Å². The Balaban J connectivity index is 1.96.